The second kappa shape index (κ2) is 13.1. The lowest BCUT2D eigenvalue weighted by molar-refractivity contribution is -0.0589. The highest BCUT2D eigenvalue weighted by molar-refractivity contribution is 7.98. The summed E-state index contributed by atoms with van der Waals surface area (Å²) in [6.07, 6.45) is 0.850. The molecule has 210 valence electrons. The maximum Gasteiger partial charge on any atom is 0.277 e. The summed E-state index contributed by atoms with van der Waals surface area (Å²) < 4.78 is 65.7. The maximum atomic E-state index is 15.4. The van der Waals surface area contributed by atoms with Crippen molar-refractivity contribution >= 4 is 35.2 Å². The number of hydroxylamine groups is 1. The molecule has 0 bridgehead atoms. The number of rotatable bonds is 11. The van der Waals surface area contributed by atoms with E-state index in [-0.39, 0.29) is 41.3 Å². The van der Waals surface area contributed by atoms with E-state index in [4.69, 9.17) is 9.94 Å². The number of carbonyl (C=O) groups excluding carboxylic acids is 1. The number of aliphatic hydroxyl groups excluding tert-OH is 1. The number of carbonyl (C=O) groups is 1. The molecule has 0 aliphatic rings. The molecule has 1 aromatic heterocycles. The van der Waals surface area contributed by atoms with Gasteiger partial charge in [0, 0.05) is 31.3 Å². The van der Waals surface area contributed by atoms with Crippen molar-refractivity contribution < 1.29 is 32.3 Å². The Morgan fingerprint density at radius 3 is 2.46 bits per heavy atom. The number of amides is 1. The Kier molecular flexibility index (Phi) is 10.1. The molecule has 0 saturated heterocycles. The molecule has 0 radical (unpaired) electrons. The lowest BCUT2D eigenvalue weighted by Gasteiger charge is -2.21. The van der Waals surface area contributed by atoms with Gasteiger partial charge in [-0.05, 0) is 68.7 Å². The van der Waals surface area contributed by atoms with Crippen LogP contribution >= 0.6 is 12.1 Å². The van der Waals surface area contributed by atoms with Gasteiger partial charge in [-0.15, -0.1) is 0 Å². The molecule has 0 atom stereocenters. The molecule has 2 aromatic carbocycles. The normalized spacial score (nSPS) is 11.4. The molecule has 39 heavy (non-hydrogen) atoms. The highest BCUT2D eigenvalue weighted by atomic mass is 32.2. The van der Waals surface area contributed by atoms with Crippen LogP contribution in [-0.2, 0) is 11.3 Å². The highest BCUT2D eigenvalue weighted by Gasteiger charge is 2.26. The van der Waals surface area contributed by atoms with Crippen LogP contribution in [0.2, 0.25) is 0 Å². The van der Waals surface area contributed by atoms with Crippen LogP contribution in [0.25, 0.3) is 0 Å². The van der Waals surface area contributed by atoms with Crippen molar-refractivity contribution in [2.75, 3.05) is 23.2 Å². The van der Waals surface area contributed by atoms with Gasteiger partial charge in [0.15, 0.2) is 23.3 Å². The number of aliphatic hydroxyl groups is 1. The quantitative estimate of drug-likeness (QED) is 0.0920. The summed E-state index contributed by atoms with van der Waals surface area (Å²) in [6.45, 7) is 6.77. The molecule has 13 heteroatoms. The summed E-state index contributed by atoms with van der Waals surface area (Å²) in [6, 6.07) is 6.44. The Bertz CT molecular complexity index is 1340. The Labute approximate surface area is 227 Å². The van der Waals surface area contributed by atoms with E-state index in [0.717, 1.165) is 18.2 Å². The highest BCUT2D eigenvalue weighted by Crippen LogP contribution is 2.32. The van der Waals surface area contributed by atoms with Gasteiger partial charge >= 0.3 is 0 Å². The van der Waals surface area contributed by atoms with Crippen LogP contribution in [0.15, 0.2) is 36.5 Å². The number of aryl methyl sites for hydroxylation is 1. The summed E-state index contributed by atoms with van der Waals surface area (Å²) in [7, 11) is 0. The standard InChI is InChI=1S/C26H29F4N5O3S/c1-14-5-6-19(18(27)11-14)33-23-17(25(37)34-38-26(2,3)4)13-16(20(28)22(23)30)12-15-7-8-31-24(21(15)29)35-39-32-9-10-36/h5-8,11,13,32-33,36H,9-10,12H2,1-4H3,(H,31,35)(H,34,37). The van der Waals surface area contributed by atoms with Crippen molar-refractivity contribution in [2.24, 2.45) is 0 Å². The molecule has 1 heterocycles. The third-order valence-electron chi connectivity index (χ3n) is 5.14. The van der Waals surface area contributed by atoms with E-state index >= 15 is 13.2 Å². The average Bonchev–Trinajstić information content (AvgIpc) is 2.87. The first-order chi connectivity index (χ1) is 18.4. The second-order valence-corrected chi connectivity index (χ2v) is 10.2. The fourth-order valence-electron chi connectivity index (χ4n) is 3.30. The number of anilines is 3. The number of nitrogens with one attached hydrogen (secondary N) is 4. The Morgan fingerprint density at radius 2 is 1.79 bits per heavy atom. The summed E-state index contributed by atoms with van der Waals surface area (Å²) >= 11 is 0.882. The van der Waals surface area contributed by atoms with Crippen molar-refractivity contribution in [3.63, 3.8) is 0 Å². The van der Waals surface area contributed by atoms with E-state index in [1.165, 1.54) is 24.4 Å². The van der Waals surface area contributed by atoms with Crippen LogP contribution in [-0.4, -0.2) is 34.8 Å². The number of aromatic nitrogens is 1. The zero-order valence-corrected chi connectivity index (χ0v) is 22.5. The fourth-order valence-corrected chi connectivity index (χ4v) is 3.80. The number of nitrogens with zero attached hydrogens (tertiary/aromatic N) is 1. The molecule has 3 rings (SSSR count). The average molecular weight is 568 g/mol. The molecule has 8 nitrogen and oxygen atoms in total. The predicted octanol–water partition coefficient (Wildman–Crippen LogP) is 5.30. The van der Waals surface area contributed by atoms with Gasteiger partial charge in [0.1, 0.15) is 5.82 Å². The number of halogens is 4. The summed E-state index contributed by atoms with van der Waals surface area (Å²) in [4.78, 5) is 22.2. The summed E-state index contributed by atoms with van der Waals surface area (Å²) in [5, 5.41) is 11.3. The third-order valence-corrected chi connectivity index (χ3v) is 5.79. The second-order valence-electron chi connectivity index (χ2n) is 9.47. The van der Waals surface area contributed by atoms with Crippen molar-refractivity contribution in [1.82, 2.24) is 15.2 Å². The first-order valence-electron chi connectivity index (χ1n) is 11.8. The predicted molar refractivity (Wildman–Crippen MR) is 142 cm³/mol. The minimum atomic E-state index is -1.45. The number of hydrogen-bond donors (Lipinski definition) is 5. The van der Waals surface area contributed by atoms with Gasteiger partial charge in [-0.2, -0.15) is 0 Å². The van der Waals surface area contributed by atoms with Gasteiger partial charge in [-0.3, -0.25) is 14.4 Å². The lowest BCUT2D eigenvalue weighted by atomic mass is 9.99. The Hall–Kier alpha value is -3.39. The van der Waals surface area contributed by atoms with Crippen LogP contribution < -0.4 is 20.2 Å². The van der Waals surface area contributed by atoms with Crippen LogP contribution in [0.4, 0.5) is 34.8 Å². The molecule has 5 N–H and O–H groups in total. The SMILES string of the molecule is Cc1ccc(Nc2c(C(=O)NOC(C)(C)C)cc(Cc3ccnc(NSNCCO)c3F)c(F)c2F)c(F)c1. The number of pyridine rings is 1. The van der Waals surface area contributed by atoms with E-state index in [9.17, 15) is 9.18 Å². The van der Waals surface area contributed by atoms with E-state index in [1.807, 2.05) is 0 Å². The van der Waals surface area contributed by atoms with Gasteiger partial charge in [0.2, 0.25) is 0 Å². The first kappa shape index (κ1) is 30.2. The summed E-state index contributed by atoms with van der Waals surface area (Å²) in [5.74, 6) is -5.45. The Morgan fingerprint density at radius 1 is 1.05 bits per heavy atom. The van der Waals surface area contributed by atoms with Crippen molar-refractivity contribution in [3.05, 3.63) is 82.1 Å². The molecule has 0 aliphatic carbocycles. The molecule has 0 unspecified atom stereocenters. The molecule has 0 aliphatic heterocycles. The number of hydrogen-bond acceptors (Lipinski definition) is 8. The van der Waals surface area contributed by atoms with E-state index < -0.39 is 46.9 Å². The van der Waals surface area contributed by atoms with Crippen molar-refractivity contribution in [2.45, 2.75) is 39.7 Å². The van der Waals surface area contributed by atoms with E-state index in [2.05, 4.69) is 25.2 Å². The van der Waals surface area contributed by atoms with Gasteiger partial charge in [0.25, 0.3) is 5.91 Å². The zero-order valence-electron chi connectivity index (χ0n) is 21.7. The molecular formula is C26H29F4N5O3S. The summed E-state index contributed by atoms with van der Waals surface area (Å²) in [5.41, 5.74) is 0.460. The number of benzene rings is 2. The lowest BCUT2D eigenvalue weighted by Crippen LogP contribution is -2.34. The topological polar surface area (TPSA) is 108 Å². The fraction of sp³-hybridized carbons (Fsp3) is 0.308. The van der Waals surface area contributed by atoms with Crippen molar-refractivity contribution in [3.8, 4) is 0 Å². The smallest absolute Gasteiger partial charge is 0.277 e. The van der Waals surface area contributed by atoms with Crippen LogP contribution in [0.3, 0.4) is 0 Å². The van der Waals surface area contributed by atoms with Crippen LogP contribution in [0, 0.1) is 30.2 Å². The Balaban J connectivity index is 2.01. The largest absolute Gasteiger partial charge is 0.395 e. The minimum Gasteiger partial charge on any atom is -0.395 e. The monoisotopic (exact) mass is 567 g/mol. The molecule has 0 spiro atoms. The van der Waals surface area contributed by atoms with Crippen LogP contribution in [0.1, 0.15) is 47.8 Å². The molecule has 3 aromatic rings. The van der Waals surface area contributed by atoms with Crippen molar-refractivity contribution in [1.29, 1.82) is 0 Å². The van der Waals surface area contributed by atoms with E-state index in [0.29, 0.717) is 5.56 Å². The van der Waals surface area contributed by atoms with Crippen LogP contribution in [0.5, 0.6) is 0 Å². The molecule has 0 saturated carbocycles. The van der Waals surface area contributed by atoms with Gasteiger partial charge in [-0.25, -0.2) is 32.7 Å². The van der Waals surface area contributed by atoms with E-state index in [1.54, 1.807) is 33.8 Å². The third kappa shape index (κ3) is 8.05. The maximum absolute atomic E-state index is 15.4. The molecule has 1 amide bonds. The zero-order chi connectivity index (χ0) is 28.7. The minimum absolute atomic E-state index is 0.0313. The first-order valence-corrected chi connectivity index (χ1v) is 12.6. The molecule has 0 fully saturated rings. The van der Waals surface area contributed by atoms with Gasteiger partial charge < -0.3 is 10.4 Å². The van der Waals surface area contributed by atoms with Gasteiger partial charge in [0.05, 0.1) is 29.1 Å². The van der Waals surface area contributed by atoms with Gasteiger partial charge in [-0.1, -0.05) is 6.07 Å². The molecular weight excluding hydrogens is 538 g/mol.